The highest BCUT2D eigenvalue weighted by molar-refractivity contribution is 6.71. The zero-order valence-corrected chi connectivity index (χ0v) is 14.6. The van der Waals surface area contributed by atoms with Gasteiger partial charge in [-0.2, -0.15) is 10.1 Å². The number of non-ortho nitro benzene ring substituents is 1. The summed E-state index contributed by atoms with van der Waals surface area (Å²) in [4.78, 5) is 29.3. The van der Waals surface area contributed by atoms with E-state index in [0.717, 1.165) is 5.69 Å². The number of carbonyl (C=O) groups excluding carboxylic acids is 1. The molecule has 0 unspecified atom stereocenters. The lowest BCUT2D eigenvalue weighted by atomic mass is 10.2. The maximum atomic E-state index is 12.7. The molecule has 1 amide bonds. The van der Waals surface area contributed by atoms with Crippen molar-refractivity contribution in [2.45, 2.75) is 6.92 Å². The zero-order chi connectivity index (χ0) is 18.8. The van der Waals surface area contributed by atoms with E-state index in [1.54, 1.807) is 6.92 Å². The molecule has 2 aromatic rings. The van der Waals surface area contributed by atoms with Crippen molar-refractivity contribution in [1.29, 1.82) is 0 Å². The first-order chi connectivity index (χ1) is 12.4. The smallest absolute Gasteiger partial charge is 0.299 e. The molecule has 0 aromatic heterocycles. The summed E-state index contributed by atoms with van der Waals surface area (Å²) in [5.41, 5.74) is 2.83. The molecular formula is C18H17N5O3. The second-order valence-electron chi connectivity index (χ2n) is 5.95. The van der Waals surface area contributed by atoms with Crippen LogP contribution in [0, 0.1) is 10.1 Å². The van der Waals surface area contributed by atoms with Crippen molar-refractivity contribution in [3.05, 3.63) is 58.6 Å². The number of carbonyl (C=O) groups is 1. The maximum Gasteiger partial charge on any atom is 0.299 e. The van der Waals surface area contributed by atoms with E-state index < -0.39 is 4.92 Å². The number of benzene rings is 2. The molecule has 2 aromatic carbocycles. The number of aliphatic imine (C=N–C) groups is 1. The third kappa shape index (κ3) is 3.30. The van der Waals surface area contributed by atoms with E-state index in [0.29, 0.717) is 17.1 Å². The van der Waals surface area contributed by atoms with E-state index >= 15 is 0 Å². The summed E-state index contributed by atoms with van der Waals surface area (Å²) in [6, 6.07) is 13.1. The maximum absolute atomic E-state index is 12.7. The molecule has 1 aliphatic heterocycles. The van der Waals surface area contributed by atoms with Gasteiger partial charge in [-0.3, -0.25) is 14.9 Å². The second kappa shape index (κ2) is 6.75. The summed E-state index contributed by atoms with van der Waals surface area (Å²) in [7, 11) is 3.89. The molecule has 1 aliphatic rings. The van der Waals surface area contributed by atoms with Crippen molar-refractivity contribution in [1.82, 2.24) is 0 Å². The van der Waals surface area contributed by atoms with Crippen molar-refractivity contribution < 1.29 is 9.72 Å². The fourth-order valence-electron chi connectivity index (χ4n) is 2.47. The van der Waals surface area contributed by atoms with Crippen molar-refractivity contribution in [2.75, 3.05) is 24.0 Å². The summed E-state index contributed by atoms with van der Waals surface area (Å²) in [5, 5.41) is 16.2. The van der Waals surface area contributed by atoms with Crippen LogP contribution in [0.15, 0.2) is 58.6 Å². The van der Waals surface area contributed by atoms with E-state index in [1.807, 2.05) is 43.3 Å². The van der Waals surface area contributed by atoms with Gasteiger partial charge in [0.25, 0.3) is 11.6 Å². The van der Waals surface area contributed by atoms with Crippen LogP contribution < -0.4 is 9.91 Å². The minimum absolute atomic E-state index is 0.0454. The lowest BCUT2D eigenvalue weighted by Crippen LogP contribution is -2.27. The molecule has 0 atom stereocenters. The van der Waals surface area contributed by atoms with Gasteiger partial charge >= 0.3 is 0 Å². The molecule has 0 N–H and O–H groups in total. The minimum Gasteiger partial charge on any atom is -0.378 e. The molecular weight excluding hydrogens is 334 g/mol. The summed E-state index contributed by atoms with van der Waals surface area (Å²) >= 11 is 0. The van der Waals surface area contributed by atoms with Gasteiger partial charge in [0.1, 0.15) is 0 Å². The Morgan fingerprint density at radius 3 is 2.23 bits per heavy atom. The number of rotatable bonds is 4. The van der Waals surface area contributed by atoms with Crippen molar-refractivity contribution in [3.63, 3.8) is 0 Å². The quantitative estimate of drug-likeness (QED) is 0.625. The number of hydrogen-bond donors (Lipinski definition) is 0. The van der Waals surface area contributed by atoms with Gasteiger partial charge in [0.05, 0.1) is 22.0 Å². The number of nitro groups is 1. The van der Waals surface area contributed by atoms with Gasteiger partial charge in [-0.25, -0.2) is 4.99 Å². The topological polar surface area (TPSA) is 91.4 Å². The number of amides is 1. The number of anilines is 2. The first-order valence-corrected chi connectivity index (χ1v) is 7.87. The van der Waals surface area contributed by atoms with Crippen molar-refractivity contribution >= 4 is 40.1 Å². The highest BCUT2D eigenvalue weighted by Crippen LogP contribution is 2.24. The minimum atomic E-state index is -0.492. The molecule has 0 fully saturated rings. The Balaban J connectivity index is 1.86. The molecule has 0 radical (unpaired) electrons. The number of hydrogen-bond acceptors (Lipinski definition) is 6. The first kappa shape index (κ1) is 17.3. The highest BCUT2D eigenvalue weighted by Gasteiger charge is 2.30. The Kier molecular flexibility index (Phi) is 4.49. The Hall–Kier alpha value is -3.55. The predicted molar refractivity (Wildman–Crippen MR) is 102 cm³/mol. The normalized spacial score (nSPS) is 15.3. The molecule has 0 saturated carbocycles. The van der Waals surface area contributed by atoms with Crippen LogP contribution in [0.25, 0.3) is 0 Å². The zero-order valence-electron chi connectivity index (χ0n) is 14.6. The monoisotopic (exact) mass is 351 g/mol. The van der Waals surface area contributed by atoms with Crippen LogP contribution in [-0.4, -0.2) is 36.3 Å². The first-order valence-electron chi connectivity index (χ1n) is 7.87. The average molecular weight is 351 g/mol. The van der Waals surface area contributed by atoms with Crippen molar-refractivity contribution in [2.24, 2.45) is 10.1 Å². The summed E-state index contributed by atoms with van der Waals surface area (Å²) in [6.45, 7) is 1.70. The summed E-state index contributed by atoms with van der Waals surface area (Å²) < 4.78 is 0. The molecule has 8 heteroatoms. The lowest BCUT2D eigenvalue weighted by Gasteiger charge is -2.12. The molecule has 132 valence electrons. The van der Waals surface area contributed by atoms with Crippen molar-refractivity contribution in [3.8, 4) is 0 Å². The number of nitro benzene ring substituents is 1. The molecule has 0 bridgehead atoms. The molecule has 0 aliphatic carbocycles. The Bertz CT molecular complexity index is 915. The van der Waals surface area contributed by atoms with E-state index in [1.165, 1.54) is 29.3 Å². The molecule has 3 rings (SSSR count). The molecule has 8 nitrogen and oxygen atoms in total. The van der Waals surface area contributed by atoms with Crippen LogP contribution in [0.2, 0.25) is 0 Å². The second-order valence-corrected chi connectivity index (χ2v) is 5.95. The molecule has 26 heavy (non-hydrogen) atoms. The molecule has 0 spiro atoms. The van der Waals surface area contributed by atoms with Crippen LogP contribution >= 0.6 is 0 Å². The van der Waals surface area contributed by atoms with E-state index in [-0.39, 0.29) is 17.3 Å². The Morgan fingerprint density at radius 2 is 1.69 bits per heavy atom. The predicted octanol–water partition coefficient (Wildman–Crippen LogP) is 3.16. The van der Waals surface area contributed by atoms with Crippen LogP contribution in [0.4, 0.5) is 22.7 Å². The largest absolute Gasteiger partial charge is 0.378 e. The third-order valence-corrected chi connectivity index (χ3v) is 3.90. The van der Waals surface area contributed by atoms with Crippen LogP contribution in [0.5, 0.6) is 0 Å². The van der Waals surface area contributed by atoms with E-state index in [9.17, 15) is 14.9 Å². The van der Waals surface area contributed by atoms with E-state index in [4.69, 9.17) is 0 Å². The van der Waals surface area contributed by atoms with Gasteiger partial charge in [-0.05, 0) is 43.3 Å². The lowest BCUT2D eigenvalue weighted by molar-refractivity contribution is -0.384. The SMILES string of the molecule is CC1=NN(c2ccc([N+](=O)[O-])cc2)C(=O)C1=Nc1ccc(N(C)C)cc1. The number of hydrazone groups is 1. The fourth-order valence-corrected chi connectivity index (χ4v) is 2.47. The van der Waals surface area contributed by atoms with Gasteiger partial charge in [-0.15, -0.1) is 0 Å². The Morgan fingerprint density at radius 1 is 1.08 bits per heavy atom. The van der Waals surface area contributed by atoms with Gasteiger partial charge in [0, 0.05) is 31.9 Å². The van der Waals surface area contributed by atoms with Crippen LogP contribution in [0.3, 0.4) is 0 Å². The van der Waals surface area contributed by atoms with Crippen LogP contribution in [-0.2, 0) is 4.79 Å². The Labute approximate surface area is 150 Å². The van der Waals surface area contributed by atoms with Crippen LogP contribution in [0.1, 0.15) is 6.92 Å². The molecule has 1 heterocycles. The highest BCUT2D eigenvalue weighted by atomic mass is 16.6. The van der Waals surface area contributed by atoms with Gasteiger partial charge < -0.3 is 4.90 Å². The number of nitrogens with zero attached hydrogens (tertiary/aromatic N) is 5. The van der Waals surface area contributed by atoms with Gasteiger partial charge in [-0.1, -0.05) is 0 Å². The summed E-state index contributed by atoms with van der Waals surface area (Å²) in [5.74, 6) is -0.368. The third-order valence-electron chi connectivity index (χ3n) is 3.90. The van der Waals surface area contributed by atoms with Gasteiger partial charge in [0.2, 0.25) is 0 Å². The van der Waals surface area contributed by atoms with Gasteiger partial charge in [0.15, 0.2) is 5.71 Å². The molecule has 0 saturated heterocycles. The van der Waals surface area contributed by atoms with E-state index in [2.05, 4.69) is 10.1 Å². The fraction of sp³-hybridized carbons (Fsp3) is 0.167. The standard InChI is InChI=1S/C18H17N5O3/c1-12-17(19-13-4-6-14(7-5-13)21(2)3)18(24)22(20-12)15-8-10-16(11-9-15)23(25)26/h4-11H,1-3H3. The average Bonchev–Trinajstić information content (AvgIpc) is 2.90. The summed E-state index contributed by atoms with van der Waals surface area (Å²) in [6.07, 6.45) is 0.